The molecule has 2 nitrogen and oxygen atoms in total. The maximum absolute atomic E-state index is 13.6. The lowest BCUT2D eigenvalue weighted by atomic mass is 9.95. The largest absolute Gasteiger partial charge is 0.494 e. The van der Waals surface area contributed by atoms with E-state index in [-0.39, 0.29) is 17.0 Å². The molecule has 20 heavy (non-hydrogen) atoms. The molecule has 0 atom stereocenters. The fourth-order valence-electron chi connectivity index (χ4n) is 1.84. The maximum atomic E-state index is 13.6. The van der Waals surface area contributed by atoms with E-state index in [1.165, 1.54) is 22.9 Å². The van der Waals surface area contributed by atoms with E-state index in [2.05, 4.69) is 38.2 Å². The SMILES string of the molecule is COc1ccc(NCc2ccc(C(C)(C)C)s2)cc1F. The van der Waals surface area contributed by atoms with Gasteiger partial charge in [-0.15, -0.1) is 11.3 Å². The smallest absolute Gasteiger partial charge is 0.167 e. The molecule has 0 saturated heterocycles. The highest BCUT2D eigenvalue weighted by Crippen LogP contribution is 2.30. The number of hydrogen-bond acceptors (Lipinski definition) is 3. The van der Waals surface area contributed by atoms with E-state index < -0.39 is 0 Å². The molecular formula is C16H20FNOS. The van der Waals surface area contributed by atoms with Crippen LogP contribution >= 0.6 is 11.3 Å². The van der Waals surface area contributed by atoms with Crippen LogP contribution in [-0.2, 0) is 12.0 Å². The number of methoxy groups -OCH3 is 1. The molecule has 1 N–H and O–H groups in total. The van der Waals surface area contributed by atoms with Crippen LogP contribution in [0.25, 0.3) is 0 Å². The zero-order valence-corrected chi connectivity index (χ0v) is 13.1. The topological polar surface area (TPSA) is 21.3 Å². The van der Waals surface area contributed by atoms with Crippen LogP contribution in [0.5, 0.6) is 5.75 Å². The van der Waals surface area contributed by atoms with Crippen molar-refractivity contribution >= 4 is 17.0 Å². The molecule has 0 amide bonds. The van der Waals surface area contributed by atoms with E-state index in [4.69, 9.17) is 4.74 Å². The second-order valence-corrected chi connectivity index (χ2v) is 6.89. The number of thiophene rings is 1. The first kappa shape index (κ1) is 14.9. The molecule has 0 bridgehead atoms. The van der Waals surface area contributed by atoms with Gasteiger partial charge in [-0.3, -0.25) is 0 Å². The predicted molar refractivity (Wildman–Crippen MR) is 83.3 cm³/mol. The molecule has 2 aromatic rings. The fourth-order valence-corrected chi connectivity index (χ4v) is 2.85. The van der Waals surface area contributed by atoms with E-state index in [1.807, 2.05) is 6.07 Å². The van der Waals surface area contributed by atoms with Crippen LogP contribution in [0.15, 0.2) is 30.3 Å². The third kappa shape index (κ3) is 3.51. The van der Waals surface area contributed by atoms with Crippen molar-refractivity contribution < 1.29 is 9.13 Å². The van der Waals surface area contributed by atoms with Gasteiger partial charge in [0.05, 0.1) is 7.11 Å². The number of anilines is 1. The lowest BCUT2D eigenvalue weighted by molar-refractivity contribution is 0.386. The summed E-state index contributed by atoms with van der Waals surface area (Å²) in [6.45, 7) is 7.31. The quantitative estimate of drug-likeness (QED) is 0.874. The number of hydrogen-bond donors (Lipinski definition) is 1. The first-order valence-corrected chi connectivity index (χ1v) is 7.38. The summed E-state index contributed by atoms with van der Waals surface area (Å²) in [6, 6.07) is 9.19. The molecule has 4 heteroatoms. The van der Waals surface area contributed by atoms with Gasteiger partial charge >= 0.3 is 0 Å². The van der Waals surface area contributed by atoms with Gasteiger partial charge in [-0.25, -0.2) is 4.39 Å². The summed E-state index contributed by atoms with van der Waals surface area (Å²) in [7, 11) is 1.46. The van der Waals surface area contributed by atoms with Crippen LogP contribution in [0.3, 0.4) is 0 Å². The Bertz CT molecular complexity index is 586. The molecule has 0 aliphatic carbocycles. The van der Waals surface area contributed by atoms with Crippen LogP contribution in [0, 0.1) is 5.82 Å². The van der Waals surface area contributed by atoms with Gasteiger partial charge in [0.25, 0.3) is 0 Å². The summed E-state index contributed by atoms with van der Waals surface area (Å²) in [5, 5.41) is 3.23. The Balaban J connectivity index is 2.02. The van der Waals surface area contributed by atoms with Gasteiger partial charge in [0.1, 0.15) is 0 Å². The minimum absolute atomic E-state index is 0.176. The first-order chi connectivity index (χ1) is 9.40. The van der Waals surface area contributed by atoms with Crippen LogP contribution < -0.4 is 10.1 Å². The first-order valence-electron chi connectivity index (χ1n) is 6.57. The molecule has 0 aliphatic heterocycles. The van der Waals surface area contributed by atoms with E-state index in [0.717, 1.165) is 5.69 Å². The highest BCUT2D eigenvalue weighted by atomic mass is 32.1. The second-order valence-electron chi connectivity index (χ2n) is 5.72. The van der Waals surface area contributed by atoms with E-state index >= 15 is 0 Å². The Kier molecular flexibility index (Phi) is 4.33. The van der Waals surface area contributed by atoms with Crippen LogP contribution in [0.4, 0.5) is 10.1 Å². The lowest BCUT2D eigenvalue weighted by Crippen LogP contribution is -2.07. The second kappa shape index (κ2) is 5.83. The monoisotopic (exact) mass is 293 g/mol. The molecule has 0 unspecified atom stereocenters. The Morgan fingerprint density at radius 2 is 1.95 bits per heavy atom. The van der Waals surface area contributed by atoms with Crippen molar-refractivity contribution in [1.82, 2.24) is 0 Å². The maximum Gasteiger partial charge on any atom is 0.167 e. The lowest BCUT2D eigenvalue weighted by Gasteiger charge is -2.15. The van der Waals surface area contributed by atoms with Gasteiger partial charge in [0.2, 0.25) is 0 Å². The zero-order chi connectivity index (χ0) is 14.8. The van der Waals surface area contributed by atoms with Crippen molar-refractivity contribution in [3.63, 3.8) is 0 Å². The molecule has 0 saturated carbocycles. The molecule has 0 spiro atoms. The number of rotatable bonds is 4. The summed E-state index contributed by atoms with van der Waals surface area (Å²) in [5.41, 5.74) is 0.934. The summed E-state index contributed by atoms with van der Waals surface area (Å²) in [4.78, 5) is 2.60. The molecule has 108 valence electrons. The molecule has 2 rings (SSSR count). The van der Waals surface area contributed by atoms with Gasteiger partial charge in [-0.05, 0) is 29.7 Å². The molecule has 0 radical (unpaired) electrons. The molecule has 1 heterocycles. The van der Waals surface area contributed by atoms with Gasteiger partial charge < -0.3 is 10.1 Å². The van der Waals surface area contributed by atoms with Crippen molar-refractivity contribution in [2.24, 2.45) is 0 Å². The summed E-state index contributed by atoms with van der Waals surface area (Å²) in [6.07, 6.45) is 0. The van der Waals surface area contributed by atoms with Crippen molar-refractivity contribution in [1.29, 1.82) is 0 Å². The number of benzene rings is 1. The van der Waals surface area contributed by atoms with Gasteiger partial charge in [0, 0.05) is 28.1 Å². The van der Waals surface area contributed by atoms with Crippen molar-refractivity contribution in [3.05, 3.63) is 45.9 Å². The van der Waals surface area contributed by atoms with E-state index in [1.54, 1.807) is 17.4 Å². The van der Waals surface area contributed by atoms with Gasteiger partial charge in [-0.1, -0.05) is 20.8 Å². The average molecular weight is 293 g/mol. The summed E-state index contributed by atoms with van der Waals surface area (Å²) in [5.74, 6) is -0.0826. The number of ether oxygens (including phenoxy) is 1. The molecule has 1 aromatic heterocycles. The Hall–Kier alpha value is -1.55. The molecule has 0 aliphatic rings. The van der Waals surface area contributed by atoms with Crippen LogP contribution in [0.1, 0.15) is 30.5 Å². The normalized spacial score (nSPS) is 11.4. The molecule has 0 fully saturated rings. The predicted octanol–water partition coefficient (Wildman–Crippen LogP) is 4.81. The number of nitrogens with one attached hydrogen (secondary N) is 1. The molecular weight excluding hydrogens is 273 g/mol. The van der Waals surface area contributed by atoms with E-state index in [0.29, 0.717) is 6.54 Å². The zero-order valence-electron chi connectivity index (χ0n) is 12.3. The van der Waals surface area contributed by atoms with Crippen molar-refractivity contribution in [3.8, 4) is 5.75 Å². The highest BCUT2D eigenvalue weighted by Gasteiger charge is 2.15. The molecule has 1 aromatic carbocycles. The summed E-state index contributed by atoms with van der Waals surface area (Å²) >= 11 is 1.79. The number of halogens is 1. The van der Waals surface area contributed by atoms with Gasteiger partial charge in [0.15, 0.2) is 11.6 Å². The standard InChI is InChI=1S/C16H20FNOS/c1-16(2,3)15-8-6-12(20-15)10-18-11-5-7-14(19-4)13(17)9-11/h5-9,18H,10H2,1-4H3. The minimum atomic E-state index is -0.348. The highest BCUT2D eigenvalue weighted by molar-refractivity contribution is 7.12. The Labute approximate surface area is 123 Å². The average Bonchev–Trinajstić information content (AvgIpc) is 2.85. The van der Waals surface area contributed by atoms with E-state index in [9.17, 15) is 4.39 Å². The van der Waals surface area contributed by atoms with Crippen LogP contribution in [-0.4, -0.2) is 7.11 Å². The third-order valence-corrected chi connectivity index (χ3v) is 4.53. The Morgan fingerprint density at radius 1 is 1.20 bits per heavy atom. The third-order valence-electron chi connectivity index (χ3n) is 3.02. The summed E-state index contributed by atoms with van der Waals surface area (Å²) < 4.78 is 18.5. The van der Waals surface area contributed by atoms with Crippen molar-refractivity contribution in [2.75, 3.05) is 12.4 Å². The van der Waals surface area contributed by atoms with Crippen molar-refractivity contribution in [2.45, 2.75) is 32.7 Å². The van der Waals surface area contributed by atoms with Gasteiger partial charge in [-0.2, -0.15) is 0 Å². The minimum Gasteiger partial charge on any atom is -0.494 e. The fraction of sp³-hybridized carbons (Fsp3) is 0.375. The Morgan fingerprint density at radius 3 is 2.50 bits per heavy atom. The van der Waals surface area contributed by atoms with Crippen LogP contribution in [0.2, 0.25) is 0 Å².